The molecule has 1 saturated carbocycles. The zero-order valence-corrected chi connectivity index (χ0v) is 21.4. The Morgan fingerprint density at radius 1 is 0.833 bits per heavy atom. The minimum absolute atomic E-state index is 0.300. The molecule has 36 heavy (non-hydrogen) atoms. The Morgan fingerprint density at radius 2 is 1.67 bits per heavy atom. The van der Waals surface area contributed by atoms with Gasteiger partial charge in [0.1, 0.15) is 5.82 Å². The van der Waals surface area contributed by atoms with Gasteiger partial charge in [-0.25, -0.2) is 13.2 Å². The SMILES string of the molecule is CCCCc1cc2ccc(/C=C/C3CCC(c4ccc(-c5ccc(F)c(F)c5)c(F)c4)CC3)cc2s1. The van der Waals surface area contributed by atoms with Crippen LogP contribution in [0.25, 0.3) is 27.3 Å². The summed E-state index contributed by atoms with van der Waals surface area (Å²) >= 11 is 1.91. The first-order valence-electron chi connectivity index (χ1n) is 13.0. The maximum Gasteiger partial charge on any atom is 0.159 e. The molecular formula is C32H31F3S. The van der Waals surface area contributed by atoms with E-state index in [9.17, 15) is 13.2 Å². The van der Waals surface area contributed by atoms with Crippen LogP contribution in [0.5, 0.6) is 0 Å². The van der Waals surface area contributed by atoms with Gasteiger partial charge in [0.25, 0.3) is 0 Å². The second-order valence-corrected chi connectivity index (χ2v) is 11.1. The van der Waals surface area contributed by atoms with Crippen molar-refractivity contribution in [3.8, 4) is 11.1 Å². The molecule has 4 heteroatoms. The van der Waals surface area contributed by atoms with Gasteiger partial charge in [-0.05, 0) is 103 Å². The third-order valence-electron chi connectivity index (χ3n) is 7.40. The van der Waals surface area contributed by atoms with Crippen molar-refractivity contribution in [2.45, 2.75) is 57.8 Å². The van der Waals surface area contributed by atoms with Gasteiger partial charge < -0.3 is 0 Å². The summed E-state index contributed by atoms with van der Waals surface area (Å²) in [6, 6.07) is 17.8. The van der Waals surface area contributed by atoms with E-state index in [0.29, 0.717) is 23.0 Å². The molecule has 1 heterocycles. The van der Waals surface area contributed by atoms with E-state index in [0.717, 1.165) is 43.4 Å². The van der Waals surface area contributed by atoms with E-state index in [1.54, 1.807) is 12.1 Å². The van der Waals surface area contributed by atoms with Gasteiger partial charge in [0, 0.05) is 15.1 Å². The van der Waals surface area contributed by atoms with E-state index in [-0.39, 0.29) is 5.82 Å². The molecule has 0 atom stereocenters. The van der Waals surface area contributed by atoms with Crippen molar-refractivity contribution in [1.29, 1.82) is 0 Å². The highest BCUT2D eigenvalue weighted by Crippen LogP contribution is 2.38. The molecular weight excluding hydrogens is 473 g/mol. The number of aryl methyl sites for hydroxylation is 1. The molecule has 1 aliphatic carbocycles. The smallest absolute Gasteiger partial charge is 0.159 e. The van der Waals surface area contributed by atoms with Crippen LogP contribution in [0.4, 0.5) is 13.2 Å². The van der Waals surface area contributed by atoms with Crippen LogP contribution < -0.4 is 0 Å². The summed E-state index contributed by atoms with van der Waals surface area (Å²) < 4.78 is 43.0. The van der Waals surface area contributed by atoms with Crippen molar-refractivity contribution in [3.05, 3.63) is 100 Å². The van der Waals surface area contributed by atoms with Crippen LogP contribution in [0.2, 0.25) is 0 Å². The lowest BCUT2D eigenvalue weighted by molar-refractivity contribution is 0.376. The van der Waals surface area contributed by atoms with E-state index >= 15 is 0 Å². The Labute approximate surface area is 215 Å². The number of rotatable bonds is 7. The van der Waals surface area contributed by atoms with Gasteiger partial charge in [0.05, 0.1) is 0 Å². The average molecular weight is 505 g/mol. The van der Waals surface area contributed by atoms with E-state index in [1.165, 1.54) is 45.9 Å². The summed E-state index contributed by atoms with van der Waals surface area (Å²) in [5, 5.41) is 1.34. The maximum absolute atomic E-state index is 14.9. The van der Waals surface area contributed by atoms with Gasteiger partial charge in [-0.1, -0.05) is 55.8 Å². The zero-order valence-electron chi connectivity index (χ0n) is 20.6. The maximum atomic E-state index is 14.9. The van der Waals surface area contributed by atoms with Crippen molar-refractivity contribution in [1.82, 2.24) is 0 Å². The molecule has 0 aliphatic heterocycles. The van der Waals surface area contributed by atoms with Crippen LogP contribution in [0.1, 0.15) is 67.4 Å². The van der Waals surface area contributed by atoms with Crippen molar-refractivity contribution >= 4 is 27.5 Å². The number of halogens is 3. The standard InChI is InChI=1S/C32H31F3S/c1-2-3-4-27-18-26-12-9-22(17-32(26)36-27)6-5-21-7-10-23(11-8-21)24-13-15-28(30(34)19-24)25-14-16-29(33)31(35)20-25/h5-6,9,12-21,23H,2-4,7-8,10-11H2,1H3/b6-5+. The molecule has 0 unspecified atom stereocenters. The summed E-state index contributed by atoms with van der Waals surface area (Å²) in [5.41, 5.74) is 2.89. The lowest BCUT2D eigenvalue weighted by atomic mass is 9.78. The third-order valence-corrected chi connectivity index (χ3v) is 8.56. The predicted octanol–water partition coefficient (Wildman–Crippen LogP) is 10.3. The quantitative estimate of drug-likeness (QED) is 0.235. The van der Waals surface area contributed by atoms with E-state index in [2.05, 4.69) is 43.3 Å². The first kappa shape index (κ1) is 24.8. The second-order valence-electron chi connectivity index (χ2n) is 9.95. The molecule has 5 rings (SSSR count). The molecule has 1 aromatic heterocycles. The van der Waals surface area contributed by atoms with E-state index in [1.807, 2.05) is 17.4 Å². The van der Waals surface area contributed by atoms with Gasteiger partial charge in [-0.2, -0.15) is 0 Å². The molecule has 0 nitrogen and oxygen atoms in total. The van der Waals surface area contributed by atoms with E-state index in [4.69, 9.17) is 0 Å². The number of allylic oxidation sites excluding steroid dienone is 1. The molecule has 1 aliphatic rings. The number of fused-ring (bicyclic) bond motifs is 1. The fraction of sp³-hybridized carbons (Fsp3) is 0.312. The van der Waals surface area contributed by atoms with Gasteiger partial charge in [0.15, 0.2) is 11.6 Å². The molecule has 0 N–H and O–H groups in total. The largest absolute Gasteiger partial charge is 0.206 e. The molecule has 186 valence electrons. The zero-order chi connectivity index (χ0) is 25.1. The Balaban J connectivity index is 1.20. The van der Waals surface area contributed by atoms with Crippen molar-refractivity contribution < 1.29 is 13.2 Å². The van der Waals surface area contributed by atoms with Crippen LogP contribution in [0.3, 0.4) is 0 Å². The third kappa shape index (κ3) is 5.59. The van der Waals surface area contributed by atoms with Gasteiger partial charge in [-0.15, -0.1) is 11.3 Å². The summed E-state index contributed by atoms with van der Waals surface area (Å²) in [4.78, 5) is 1.47. The number of unbranched alkanes of at least 4 members (excludes halogenated alkanes) is 1. The van der Waals surface area contributed by atoms with Crippen molar-refractivity contribution in [2.24, 2.45) is 5.92 Å². The Morgan fingerprint density at radius 3 is 2.42 bits per heavy atom. The minimum atomic E-state index is -0.964. The summed E-state index contributed by atoms with van der Waals surface area (Å²) in [5.74, 6) is -1.42. The van der Waals surface area contributed by atoms with Crippen LogP contribution >= 0.6 is 11.3 Å². The topological polar surface area (TPSA) is 0 Å². The van der Waals surface area contributed by atoms with Gasteiger partial charge in [-0.3, -0.25) is 0 Å². The Hall–Kier alpha value is -2.85. The fourth-order valence-electron chi connectivity index (χ4n) is 5.26. The first-order chi connectivity index (χ1) is 17.5. The number of benzene rings is 3. The summed E-state index contributed by atoms with van der Waals surface area (Å²) in [6.45, 7) is 2.23. The van der Waals surface area contributed by atoms with Crippen LogP contribution in [0.15, 0.2) is 66.7 Å². The fourth-order valence-corrected chi connectivity index (χ4v) is 6.41. The Bertz CT molecular complexity index is 1380. The van der Waals surface area contributed by atoms with Crippen molar-refractivity contribution in [3.63, 3.8) is 0 Å². The molecule has 1 fully saturated rings. The van der Waals surface area contributed by atoms with Crippen LogP contribution in [0, 0.1) is 23.4 Å². The Kier molecular flexibility index (Phi) is 7.62. The summed E-state index contributed by atoms with van der Waals surface area (Å²) in [7, 11) is 0. The van der Waals surface area contributed by atoms with Crippen LogP contribution in [-0.4, -0.2) is 0 Å². The molecule has 0 radical (unpaired) electrons. The lowest BCUT2D eigenvalue weighted by Crippen LogP contribution is -2.12. The molecule has 3 aromatic carbocycles. The normalized spacial score (nSPS) is 18.3. The summed E-state index contributed by atoms with van der Waals surface area (Å²) in [6.07, 6.45) is 12.4. The highest BCUT2D eigenvalue weighted by Gasteiger charge is 2.22. The first-order valence-corrected chi connectivity index (χ1v) is 13.8. The molecule has 0 amide bonds. The number of hydrogen-bond donors (Lipinski definition) is 0. The predicted molar refractivity (Wildman–Crippen MR) is 146 cm³/mol. The minimum Gasteiger partial charge on any atom is -0.206 e. The average Bonchev–Trinajstić information content (AvgIpc) is 3.30. The number of hydrogen-bond acceptors (Lipinski definition) is 1. The second kappa shape index (κ2) is 11.0. The molecule has 0 bridgehead atoms. The molecule has 0 spiro atoms. The monoisotopic (exact) mass is 504 g/mol. The van der Waals surface area contributed by atoms with E-state index < -0.39 is 11.6 Å². The van der Waals surface area contributed by atoms with Gasteiger partial charge >= 0.3 is 0 Å². The lowest BCUT2D eigenvalue weighted by Gasteiger charge is -2.27. The van der Waals surface area contributed by atoms with Crippen molar-refractivity contribution in [2.75, 3.05) is 0 Å². The highest BCUT2D eigenvalue weighted by atomic mass is 32.1. The van der Waals surface area contributed by atoms with Crippen LogP contribution in [-0.2, 0) is 6.42 Å². The number of thiophene rings is 1. The highest BCUT2D eigenvalue weighted by molar-refractivity contribution is 7.19. The molecule has 0 saturated heterocycles. The molecule has 4 aromatic rings. The van der Waals surface area contributed by atoms with Gasteiger partial charge in [0.2, 0.25) is 0 Å².